The van der Waals surface area contributed by atoms with E-state index in [0.717, 1.165) is 34.4 Å². The molecule has 1 amide bonds. The van der Waals surface area contributed by atoms with Crippen LogP contribution in [0.2, 0.25) is 0 Å². The van der Waals surface area contributed by atoms with Gasteiger partial charge in [0.15, 0.2) is 5.82 Å². The zero-order valence-electron chi connectivity index (χ0n) is 15.1. The van der Waals surface area contributed by atoms with Gasteiger partial charge < -0.3 is 14.9 Å². The Labute approximate surface area is 165 Å². The van der Waals surface area contributed by atoms with E-state index in [1.807, 2.05) is 48.5 Å². The number of ether oxygens (including phenoxy) is 1. The topological polar surface area (TPSA) is 95.9 Å². The minimum atomic E-state index is -1.56. The summed E-state index contributed by atoms with van der Waals surface area (Å²) in [6.07, 6.45) is -0.951. The van der Waals surface area contributed by atoms with E-state index in [1.54, 1.807) is 0 Å². The third-order valence-electron chi connectivity index (χ3n) is 4.87. The molecule has 0 aromatic heterocycles. The molecule has 0 bridgehead atoms. The van der Waals surface area contributed by atoms with E-state index in [4.69, 9.17) is 9.84 Å². The number of carboxylic acids is 1. The van der Waals surface area contributed by atoms with E-state index < -0.39 is 34.9 Å². The summed E-state index contributed by atoms with van der Waals surface area (Å²) in [5, 5.41) is 20.7. The summed E-state index contributed by atoms with van der Waals surface area (Å²) in [6, 6.07) is 17.3. The number of aromatic hydroxyl groups is 1. The highest BCUT2D eigenvalue weighted by Crippen LogP contribution is 2.44. The molecule has 0 atom stereocenters. The van der Waals surface area contributed by atoms with Gasteiger partial charge in [0.2, 0.25) is 0 Å². The quantitative estimate of drug-likeness (QED) is 0.603. The van der Waals surface area contributed by atoms with Crippen molar-refractivity contribution in [2.45, 2.75) is 5.92 Å². The van der Waals surface area contributed by atoms with Crippen LogP contribution in [0.4, 0.5) is 14.9 Å². The molecule has 7 heteroatoms. The number of carbonyl (C=O) groups is 2. The van der Waals surface area contributed by atoms with Gasteiger partial charge in [-0.25, -0.2) is 14.0 Å². The van der Waals surface area contributed by atoms with Crippen LogP contribution in [0, 0.1) is 5.82 Å². The van der Waals surface area contributed by atoms with Crippen molar-refractivity contribution in [3.63, 3.8) is 0 Å². The molecule has 6 nitrogen and oxygen atoms in total. The first-order valence-electron chi connectivity index (χ1n) is 8.83. The van der Waals surface area contributed by atoms with Gasteiger partial charge in [-0.05, 0) is 28.3 Å². The van der Waals surface area contributed by atoms with Gasteiger partial charge >= 0.3 is 12.1 Å². The number of phenols is 1. The highest BCUT2D eigenvalue weighted by molar-refractivity contribution is 5.92. The number of fused-ring (bicyclic) bond motifs is 3. The molecule has 3 aromatic rings. The van der Waals surface area contributed by atoms with Gasteiger partial charge in [0.25, 0.3) is 0 Å². The number of aromatic carboxylic acids is 1. The summed E-state index contributed by atoms with van der Waals surface area (Å²) in [7, 11) is 0. The average Bonchev–Trinajstić information content (AvgIpc) is 3.02. The van der Waals surface area contributed by atoms with Crippen LogP contribution >= 0.6 is 0 Å². The fourth-order valence-electron chi connectivity index (χ4n) is 3.60. The molecule has 3 aromatic carbocycles. The van der Waals surface area contributed by atoms with Crippen LogP contribution in [0.1, 0.15) is 27.4 Å². The van der Waals surface area contributed by atoms with Crippen LogP contribution in [0.15, 0.2) is 60.7 Å². The predicted molar refractivity (Wildman–Crippen MR) is 104 cm³/mol. The van der Waals surface area contributed by atoms with E-state index in [0.29, 0.717) is 0 Å². The molecule has 0 unspecified atom stereocenters. The minimum Gasteiger partial charge on any atom is -0.508 e. The molecular weight excluding hydrogens is 377 g/mol. The smallest absolute Gasteiger partial charge is 0.411 e. The molecule has 0 aliphatic heterocycles. The molecular formula is C22H16FNO5. The largest absolute Gasteiger partial charge is 0.508 e. The van der Waals surface area contributed by atoms with Gasteiger partial charge in [0, 0.05) is 12.0 Å². The van der Waals surface area contributed by atoms with Crippen molar-refractivity contribution in [3.8, 4) is 16.9 Å². The summed E-state index contributed by atoms with van der Waals surface area (Å²) >= 11 is 0. The number of anilines is 1. The highest BCUT2D eigenvalue weighted by Gasteiger charge is 2.29. The van der Waals surface area contributed by atoms with Crippen LogP contribution < -0.4 is 5.32 Å². The normalized spacial score (nSPS) is 12.2. The fourth-order valence-corrected chi connectivity index (χ4v) is 3.60. The van der Waals surface area contributed by atoms with Crippen molar-refractivity contribution in [1.29, 1.82) is 0 Å². The number of amides is 1. The number of hydrogen-bond acceptors (Lipinski definition) is 4. The number of nitrogens with one attached hydrogen (secondary N) is 1. The van der Waals surface area contributed by atoms with Crippen LogP contribution in [0.3, 0.4) is 0 Å². The summed E-state index contributed by atoms with van der Waals surface area (Å²) in [4.78, 5) is 23.3. The molecule has 0 heterocycles. The monoisotopic (exact) mass is 393 g/mol. The van der Waals surface area contributed by atoms with E-state index in [-0.39, 0.29) is 12.5 Å². The molecule has 3 N–H and O–H groups in total. The van der Waals surface area contributed by atoms with Crippen LogP contribution in [-0.2, 0) is 4.74 Å². The number of halogens is 1. The zero-order chi connectivity index (χ0) is 20.5. The first kappa shape index (κ1) is 18.5. The van der Waals surface area contributed by atoms with Gasteiger partial charge in [-0.15, -0.1) is 0 Å². The van der Waals surface area contributed by atoms with Crippen molar-refractivity contribution in [1.82, 2.24) is 0 Å². The number of phenolic OH excluding ortho intramolecular Hbond substituents is 1. The Bertz CT molecular complexity index is 1080. The number of carboxylic acid groups (broad SMARTS) is 1. The average molecular weight is 393 g/mol. The number of hydrogen-bond donors (Lipinski definition) is 3. The van der Waals surface area contributed by atoms with Crippen molar-refractivity contribution < 1.29 is 28.9 Å². The Balaban J connectivity index is 1.52. The van der Waals surface area contributed by atoms with E-state index in [2.05, 4.69) is 5.32 Å². The molecule has 29 heavy (non-hydrogen) atoms. The van der Waals surface area contributed by atoms with Gasteiger partial charge in [-0.2, -0.15) is 0 Å². The maximum absolute atomic E-state index is 14.2. The maximum Gasteiger partial charge on any atom is 0.411 e. The molecule has 0 saturated heterocycles. The molecule has 1 aliphatic carbocycles. The fraction of sp³-hybridized carbons (Fsp3) is 0.0909. The Kier molecular flexibility index (Phi) is 4.64. The lowest BCUT2D eigenvalue weighted by atomic mass is 9.98. The van der Waals surface area contributed by atoms with Crippen molar-refractivity contribution >= 4 is 17.7 Å². The van der Waals surface area contributed by atoms with Crippen LogP contribution in [0.25, 0.3) is 11.1 Å². The first-order valence-corrected chi connectivity index (χ1v) is 8.83. The Hall–Kier alpha value is -3.87. The molecule has 0 spiro atoms. The third kappa shape index (κ3) is 3.38. The molecule has 0 radical (unpaired) electrons. The summed E-state index contributed by atoms with van der Waals surface area (Å²) in [5.74, 6) is -3.38. The lowest BCUT2D eigenvalue weighted by molar-refractivity contribution is 0.0691. The number of carbonyl (C=O) groups excluding carboxylic acids is 1. The number of benzene rings is 3. The second-order valence-electron chi connectivity index (χ2n) is 6.61. The third-order valence-corrected chi connectivity index (χ3v) is 4.87. The second-order valence-corrected chi connectivity index (χ2v) is 6.61. The number of rotatable bonds is 4. The van der Waals surface area contributed by atoms with Gasteiger partial charge in [0.05, 0.1) is 5.69 Å². The second kappa shape index (κ2) is 7.27. The lowest BCUT2D eigenvalue weighted by Gasteiger charge is -2.15. The predicted octanol–water partition coefficient (Wildman–Crippen LogP) is 4.59. The zero-order valence-corrected chi connectivity index (χ0v) is 15.1. The van der Waals surface area contributed by atoms with E-state index in [9.17, 15) is 19.1 Å². The van der Waals surface area contributed by atoms with Gasteiger partial charge in [-0.3, -0.25) is 5.32 Å². The maximum atomic E-state index is 14.2. The van der Waals surface area contributed by atoms with Crippen LogP contribution in [-0.4, -0.2) is 28.9 Å². The molecule has 0 saturated carbocycles. The van der Waals surface area contributed by atoms with Gasteiger partial charge in [-0.1, -0.05) is 48.5 Å². The summed E-state index contributed by atoms with van der Waals surface area (Å²) in [6.45, 7) is 0.0199. The standard InChI is InChI=1S/C22H16FNO5/c23-20-17(21(26)27)9-12(25)10-19(20)24-22(28)29-11-18-15-7-3-1-5-13(15)14-6-2-4-8-16(14)18/h1-10,18,25H,11H2,(H,24,28)(H,26,27). The Morgan fingerprint density at radius 2 is 1.59 bits per heavy atom. The first-order chi connectivity index (χ1) is 14.0. The SMILES string of the molecule is O=C(Nc1cc(O)cc(C(=O)O)c1F)OCC1c2ccccc2-c2ccccc21. The molecule has 1 aliphatic rings. The van der Waals surface area contributed by atoms with Crippen molar-refractivity contribution in [2.24, 2.45) is 0 Å². The van der Waals surface area contributed by atoms with Crippen molar-refractivity contribution in [2.75, 3.05) is 11.9 Å². The Morgan fingerprint density at radius 1 is 1.00 bits per heavy atom. The molecule has 4 rings (SSSR count). The van der Waals surface area contributed by atoms with Crippen LogP contribution in [0.5, 0.6) is 5.75 Å². The summed E-state index contributed by atoms with van der Waals surface area (Å²) in [5.41, 5.74) is 2.97. The minimum absolute atomic E-state index is 0.0199. The van der Waals surface area contributed by atoms with Crippen molar-refractivity contribution in [3.05, 3.63) is 83.2 Å². The summed E-state index contributed by atoms with van der Waals surface area (Å²) < 4.78 is 19.5. The highest BCUT2D eigenvalue weighted by atomic mass is 19.1. The molecule has 0 fully saturated rings. The molecule has 146 valence electrons. The van der Waals surface area contributed by atoms with E-state index in [1.165, 1.54) is 0 Å². The Morgan fingerprint density at radius 3 is 2.17 bits per heavy atom. The lowest BCUT2D eigenvalue weighted by Crippen LogP contribution is -2.19. The van der Waals surface area contributed by atoms with E-state index >= 15 is 0 Å². The van der Waals surface area contributed by atoms with Gasteiger partial charge in [0.1, 0.15) is 17.9 Å².